The molecule has 6 nitrogen and oxygen atoms in total. The fourth-order valence-corrected chi connectivity index (χ4v) is 4.49. The normalized spacial score (nSPS) is 10.9. The first-order chi connectivity index (χ1) is 16.7. The largest absolute Gasteiger partial charge is 0.493 e. The summed E-state index contributed by atoms with van der Waals surface area (Å²) in [5.41, 5.74) is 6.92. The molecule has 0 amide bonds. The quantitative estimate of drug-likeness (QED) is 0.288. The molecule has 34 heavy (non-hydrogen) atoms. The van der Waals surface area contributed by atoms with E-state index in [4.69, 9.17) is 19.4 Å². The van der Waals surface area contributed by atoms with Gasteiger partial charge in [0.05, 0.1) is 19.7 Å². The number of anilines is 2. The predicted octanol–water partition coefficient (Wildman–Crippen LogP) is 6.30. The molecular weight excluding hydrogens is 444 g/mol. The van der Waals surface area contributed by atoms with Crippen molar-refractivity contribution in [2.45, 2.75) is 12.8 Å². The van der Waals surface area contributed by atoms with E-state index in [9.17, 15) is 0 Å². The molecule has 0 fully saturated rings. The first kappa shape index (κ1) is 21.9. The highest BCUT2D eigenvalue weighted by atomic mass is 32.1. The van der Waals surface area contributed by atoms with Gasteiger partial charge in [0.2, 0.25) is 0 Å². The zero-order valence-electron chi connectivity index (χ0n) is 19.0. The molecule has 7 heteroatoms. The zero-order valence-corrected chi connectivity index (χ0v) is 19.8. The van der Waals surface area contributed by atoms with Crippen molar-refractivity contribution in [2.24, 2.45) is 0 Å². The SMILES string of the molecule is COc1ccc(Nc2nc(-c3cccc(CCc4ccccc4)c3)nc3scnc23)cc1OC. The van der Waals surface area contributed by atoms with E-state index in [0.717, 1.165) is 34.4 Å². The van der Waals surface area contributed by atoms with Gasteiger partial charge in [-0.15, -0.1) is 11.3 Å². The van der Waals surface area contributed by atoms with E-state index in [1.165, 1.54) is 22.5 Å². The molecule has 3 aromatic carbocycles. The standard InChI is InChI=1S/C27H24N4O2S/c1-32-22-14-13-21(16-23(22)33-2)29-26-24-27(34-17-28-24)31-25(30-26)20-10-6-9-19(15-20)12-11-18-7-4-3-5-8-18/h3-10,13-17H,11-12H2,1-2H3,(H,29,30,31). The van der Waals surface area contributed by atoms with Crippen LogP contribution in [0.5, 0.6) is 11.5 Å². The van der Waals surface area contributed by atoms with Crippen LogP contribution in [0.25, 0.3) is 21.7 Å². The van der Waals surface area contributed by atoms with Crippen LogP contribution in [0.2, 0.25) is 0 Å². The van der Waals surface area contributed by atoms with Crippen LogP contribution in [0, 0.1) is 0 Å². The molecule has 0 aliphatic heterocycles. The number of methoxy groups -OCH3 is 2. The van der Waals surface area contributed by atoms with Crippen molar-refractivity contribution in [3.8, 4) is 22.9 Å². The van der Waals surface area contributed by atoms with E-state index in [0.29, 0.717) is 23.1 Å². The molecule has 0 saturated carbocycles. The van der Waals surface area contributed by atoms with Gasteiger partial charge in [-0.25, -0.2) is 15.0 Å². The van der Waals surface area contributed by atoms with Crippen LogP contribution in [-0.4, -0.2) is 29.2 Å². The average molecular weight is 469 g/mol. The summed E-state index contributed by atoms with van der Waals surface area (Å²) in [6.07, 6.45) is 1.95. The minimum Gasteiger partial charge on any atom is -0.493 e. The lowest BCUT2D eigenvalue weighted by atomic mass is 10.0. The molecule has 1 N–H and O–H groups in total. The number of fused-ring (bicyclic) bond motifs is 1. The lowest BCUT2D eigenvalue weighted by Gasteiger charge is -2.12. The van der Waals surface area contributed by atoms with Crippen molar-refractivity contribution in [1.82, 2.24) is 15.0 Å². The van der Waals surface area contributed by atoms with Crippen molar-refractivity contribution in [2.75, 3.05) is 19.5 Å². The lowest BCUT2D eigenvalue weighted by molar-refractivity contribution is 0.355. The molecule has 0 bridgehead atoms. The molecule has 0 spiro atoms. The number of benzene rings is 3. The van der Waals surface area contributed by atoms with Gasteiger partial charge in [0.15, 0.2) is 23.1 Å². The number of rotatable bonds is 8. The maximum absolute atomic E-state index is 5.44. The number of hydrogen-bond acceptors (Lipinski definition) is 7. The fourth-order valence-electron chi connectivity index (χ4n) is 3.83. The maximum atomic E-state index is 5.44. The Morgan fingerprint density at radius 1 is 0.794 bits per heavy atom. The molecule has 0 radical (unpaired) electrons. The van der Waals surface area contributed by atoms with E-state index in [1.807, 2.05) is 24.3 Å². The van der Waals surface area contributed by atoms with Crippen molar-refractivity contribution in [3.05, 3.63) is 89.4 Å². The van der Waals surface area contributed by atoms with E-state index >= 15 is 0 Å². The summed E-state index contributed by atoms with van der Waals surface area (Å²) in [5, 5.41) is 3.39. The molecule has 0 atom stereocenters. The third kappa shape index (κ3) is 4.70. The van der Waals surface area contributed by atoms with Gasteiger partial charge in [0, 0.05) is 17.3 Å². The topological polar surface area (TPSA) is 69.2 Å². The van der Waals surface area contributed by atoms with Gasteiger partial charge in [-0.3, -0.25) is 0 Å². The summed E-state index contributed by atoms with van der Waals surface area (Å²) >= 11 is 1.50. The van der Waals surface area contributed by atoms with Crippen LogP contribution in [0.4, 0.5) is 11.5 Å². The molecule has 170 valence electrons. The number of nitrogens with zero attached hydrogens (tertiary/aromatic N) is 3. The lowest BCUT2D eigenvalue weighted by Crippen LogP contribution is -2.00. The highest BCUT2D eigenvalue weighted by molar-refractivity contribution is 7.16. The molecular formula is C27H24N4O2S. The Kier molecular flexibility index (Phi) is 6.35. The van der Waals surface area contributed by atoms with Crippen LogP contribution in [0.3, 0.4) is 0 Å². The molecule has 2 aromatic heterocycles. The van der Waals surface area contributed by atoms with Crippen molar-refractivity contribution < 1.29 is 9.47 Å². The van der Waals surface area contributed by atoms with Crippen LogP contribution in [0.15, 0.2) is 78.3 Å². The van der Waals surface area contributed by atoms with Gasteiger partial charge in [0.25, 0.3) is 0 Å². The highest BCUT2D eigenvalue weighted by Gasteiger charge is 2.14. The molecule has 5 aromatic rings. The molecule has 0 unspecified atom stereocenters. The van der Waals surface area contributed by atoms with Gasteiger partial charge in [-0.2, -0.15) is 0 Å². The number of aromatic nitrogens is 3. The predicted molar refractivity (Wildman–Crippen MR) is 137 cm³/mol. The molecule has 0 aliphatic rings. The molecule has 0 saturated heterocycles. The second-order valence-corrected chi connectivity index (χ2v) is 8.62. The minimum atomic E-state index is 0.641. The van der Waals surface area contributed by atoms with Crippen LogP contribution in [0.1, 0.15) is 11.1 Å². The molecule has 0 aliphatic carbocycles. The van der Waals surface area contributed by atoms with Gasteiger partial charge < -0.3 is 14.8 Å². The second-order valence-electron chi connectivity index (χ2n) is 7.78. The minimum absolute atomic E-state index is 0.641. The number of hydrogen-bond donors (Lipinski definition) is 1. The number of aryl methyl sites for hydroxylation is 2. The Bertz CT molecular complexity index is 1420. The van der Waals surface area contributed by atoms with Crippen molar-refractivity contribution in [1.29, 1.82) is 0 Å². The first-order valence-corrected chi connectivity index (χ1v) is 11.8. The number of thiazole rings is 1. The Morgan fingerprint density at radius 2 is 1.59 bits per heavy atom. The zero-order chi connectivity index (χ0) is 23.3. The van der Waals surface area contributed by atoms with E-state index < -0.39 is 0 Å². The van der Waals surface area contributed by atoms with Gasteiger partial charge in [-0.1, -0.05) is 48.5 Å². The Morgan fingerprint density at radius 3 is 2.41 bits per heavy atom. The van der Waals surface area contributed by atoms with E-state index in [1.54, 1.807) is 19.7 Å². The Hall–Kier alpha value is -3.97. The van der Waals surface area contributed by atoms with Crippen LogP contribution < -0.4 is 14.8 Å². The second kappa shape index (κ2) is 9.89. The third-order valence-electron chi connectivity index (χ3n) is 5.57. The van der Waals surface area contributed by atoms with E-state index in [2.05, 4.69) is 58.8 Å². The summed E-state index contributed by atoms with van der Waals surface area (Å²) in [4.78, 5) is 15.0. The summed E-state index contributed by atoms with van der Waals surface area (Å²) < 4.78 is 10.8. The van der Waals surface area contributed by atoms with Crippen molar-refractivity contribution >= 4 is 33.2 Å². The molecule has 2 heterocycles. The number of nitrogens with one attached hydrogen (secondary N) is 1. The summed E-state index contributed by atoms with van der Waals surface area (Å²) in [7, 11) is 3.24. The van der Waals surface area contributed by atoms with Crippen molar-refractivity contribution in [3.63, 3.8) is 0 Å². The fraction of sp³-hybridized carbons (Fsp3) is 0.148. The summed E-state index contributed by atoms with van der Waals surface area (Å²) in [6, 6.07) is 24.6. The van der Waals surface area contributed by atoms with E-state index in [-0.39, 0.29) is 0 Å². The highest BCUT2D eigenvalue weighted by Crippen LogP contribution is 2.33. The first-order valence-electron chi connectivity index (χ1n) is 11.0. The Labute approximate surface area is 202 Å². The smallest absolute Gasteiger partial charge is 0.163 e. The van der Waals surface area contributed by atoms with Gasteiger partial charge >= 0.3 is 0 Å². The Balaban J connectivity index is 1.45. The summed E-state index contributed by atoms with van der Waals surface area (Å²) in [5.74, 6) is 2.63. The van der Waals surface area contributed by atoms with Crippen LogP contribution >= 0.6 is 11.3 Å². The average Bonchev–Trinajstić information content (AvgIpc) is 3.37. The van der Waals surface area contributed by atoms with Crippen LogP contribution in [-0.2, 0) is 12.8 Å². The van der Waals surface area contributed by atoms with Gasteiger partial charge in [-0.05, 0) is 42.2 Å². The summed E-state index contributed by atoms with van der Waals surface area (Å²) in [6.45, 7) is 0. The third-order valence-corrected chi connectivity index (χ3v) is 6.29. The number of ether oxygens (including phenoxy) is 2. The monoisotopic (exact) mass is 468 g/mol. The maximum Gasteiger partial charge on any atom is 0.163 e. The molecule has 5 rings (SSSR count). The van der Waals surface area contributed by atoms with Gasteiger partial charge in [0.1, 0.15) is 10.3 Å².